The molecule has 13 heavy (non-hydrogen) atoms. The molecular weight excluding hydrogens is 158 g/mol. The Balaban J connectivity index is 2.44. The summed E-state index contributed by atoms with van der Waals surface area (Å²) in [4.78, 5) is 0. The minimum Gasteiger partial charge on any atom is -0.327 e. The van der Waals surface area contributed by atoms with E-state index in [2.05, 4.69) is 26.0 Å². The summed E-state index contributed by atoms with van der Waals surface area (Å²) in [6.45, 7) is 4.41. The molecule has 0 radical (unpaired) electrons. The van der Waals surface area contributed by atoms with Gasteiger partial charge in [-0.3, -0.25) is 0 Å². The fourth-order valence-corrected chi connectivity index (χ4v) is 2.26. The number of hydrogen-bond acceptors (Lipinski definition) is 1. The topological polar surface area (TPSA) is 26.0 Å². The fraction of sp³-hybridized carbons (Fsp3) is 0.500. The summed E-state index contributed by atoms with van der Waals surface area (Å²) in [5.74, 6) is 0. The molecule has 1 aromatic carbocycles. The zero-order chi connectivity index (χ0) is 9.42. The average molecular weight is 175 g/mol. The molecule has 0 heterocycles. The van der Waals surface area contributed by atoms with Crippen molar-refractivity contribution in [3.8, 4) is 0 Å². The minimum atomic E-state index is 0.363. The second-order valence-electron chi connectivity index (χ2n) is 4.07. The van der Waals surface area contributed by atoms with E-state index in [1.807, 2.05) is 0 Å². The molecule has 1 nitrogen and oxygen atoms in total. The van der Waals surface area contributed by atoms with Crippen molar-refractivity contribution in [2.45, 2.75) is 39.2 Å². The number of fused-ring (bicyclic) bond motifs is 1. The summed E-state index contributed by atoms with van der Waals surface area (Å²) in [7, 11) is 0. The van der Waals surface area contributed by atoms with Gasteiger partial charge in [-0.2, -0.15) is 0 Å². The van der Waals surface area contributed by atoms with E-state index in [0.717, 1.165) is 19.3 Å². The van der Waals surface area contributed by atoms with Gasteiger partial charge in [0.1, 0.15) is 0 Å². The molecule has 0 spiro atoms. The highest BCUT2D eigenvalue weighted by Gasteiger charge is 2.18. The maximum Gasteiger partial charge on any atom is 0.0120 e. The summed E-state index contributed by atoms with van der Waals surface area (Å²) in [6.07, 6.45) is 3.27. The van der Waals surface area contributed by atoms with E-state index in [1.54, 1.807) is 0 Å². The molecule has 0 aromatic heterocycles. The first-order valence-electron chi connectivity index (χ1n) is 5.07. The predicted octanol–water partition coefficient (Wildman–Crippen LogP) is 1.98. The molecule has 1 heteroatoms. The Labute approximate surface area is 80.0 Å². The molecule has 0 saturated heterocycles. The molecule has 1 unspecified atom stereocenters. The fourth-order valence-electron chi connectivity index (χ4n) is 2.26. The molecule has 2 rings (SSSR count). The Morgan fingerprint density at radius 3 is 2.54 bits per heavy atom. The molecule has 0 amide bonds. The standard InChI is InChI=1S/C12H17N/c1-3-9-5-11-7-12(13)6-10(11)4-8(9)2/h4-5,12H,3,6-7,13H2,1-2H3. The van der Waals surface area contributed by atoms with Crippen molar-refractivity contribution in [1.82, 2.24) is 0 Å². The number of rotatable bonds is 1. The van der Waals surface area contributed by atoms with E-state index in [1.165, 1.54) is 22.3 Å². The van der Waals surface area contributed by atoms with Crippen LogP contribution in [-0.2, 0) is 19.3 Å². The van der Waals surface area contributed by atoms with Gasteiger partial charge in [-0.25, -0.2) is 0 Å². The Morgan fingerprint density at radius 2 is 1.92 bits per heavy atom. The maximum absolute atomic E-state index is 5.93. The smallest absolute Gasteiger partial charge is 0.0120 e. The normalized spacial score (nSPS) is 20.4. The highest BCUT2D eigenvalue weighted by atomic mass is 14.6. The number of nitrogens with two attached hydrogens (primary N) is 1. The zero-order valence-corrected chi connectivity index (χ0v) is 8.43. The van der Waals surface area contributed by atoms with Crippen LogP contribution in [0.4, 0.5) is 0 Å². The van der Waals surface area contributed by atoms with E-state index < -0.39 is 0 Å². The van der Waals surface area contributed by atoms with Gasteiger partial charge in [0.25, 0.3) is 0 Å². The van der Waals surface area contributed by atoms with Crippen LogP contribution >= 0.6 is 0 Å². The molecule has 1 aliphatic rings. The van der Waals surface area contributed by atoms with Crippen molar-refractivity contribution < 1.29 is 0 Å². The van der Waals surface area contributed by atoms with Crippen molar-refractivity contribution in [2.75, 3.05) is 0 Å². The lowest BCUT2D eigenvalue weighted by Crippen LogP contribution is -2.18. The Morgan fingerprint density at radius 1 is 1.31 bits per heavy atom. The van der Waals surface area contributed by atoms with Crippen molar-refractivity contribution in [2.24, 2.45) is 5.73 Å². The molecule has 0 bridgehead atoms. The molecular formula is C12H17N. The Bertz CT molecular complexity index is 328. The van der Waals surface area contributed by atoms with Gasteiger partial charge in [0.15, 0.2) is 0 Å². The second-order valence-corrected chi connectivity index (χ2v) is 4.07. The molecule has 70 valence electrons. The van der Waals surface area contributed by atoms with E-state index in [4.69, 9.17) is 5.73 Å². The van der Waals surface area contributed by atoms with Gasteiger partial charge in [0.2, 0.25) is 0 Å². The largest absolute Gasteiger partial charge is 0.327 e. The van der Waals surface area contributed by atoms with Crippen LogP contribution in [0.2, 0.25) is 0 Å². The highest BCUT2D eigenvalue weighted by molar-refractivity contribution is 5.41. The molecule has 0 saturated carbocycles. The van der Waals surface area contributed by atoms with Crippen LogP contribution in [-0.4, -0.2) is 6.04 Å². The second kappa shape index (κ2) is 3.15. The molecule has 1 aromatic rings. The van der Waals surface area contributed by atoms with Crippen molar-refractivity contribution in [1.29, 1.82) is 0 Å². The summed E-state index contributed by atoms with van der Waals surface area (Å²) >= 11 is 0. The van der Waals surface area contributed by atoms with Crippen molar-refractivity contribution in [3.05, 3.63) is 34.4 Å². The van der Waals surface area contributed by atoms with Crippen LogP contribution in [0.3, 0.4) is 0 Å². The third kappa shape index (κ3) is 1.49. The van der Waals surface area contributed by atoms with Gasteiger partial charge in [0.05, 0.1) is 0 Å². The first-order valence-corrected chi connectivity index (χ1v) is 5.07. The number of benzene rings is 1. The van der Waals surface area contributed by atoms with E-state index in [9.17, 15) is 0 Å². The first-order chi connectivity index (χ1) is 6.20. The Hall–Kier alpha value is -0.820. The minimum absolute atomic E-state index is 0.363. The summed E-state index contributed by atoms with van der Waals surface area (Å²) in [6, 6.07) is 5.03. The number of hydrogen-bond donors (Lipinski definition) is 1. The highest BCUT2D eigenvalue weighted by Crippen LogP contribution is 2.25. The van der Waals surface area contributed by atoms with Gasteiger partial charge in [0, 0.05) is 6.04 Å². The lowest BCUT2D eigenvalue weighted by Gasteiger charge is -2.06. The summed E-state index contributed by atoms with van der Waals surface area (Å²) in [5.41, 5.74) is 11.8. The quantitative estimate of drug-likeness (QED) is 0.694. The number of aryl methyl sites for hydroxylation is 2. The van der Waals surface area contributed by atoms with Crippen LogP contribution in [0, 0.1) is 6.92 Å². The molecule has 0 fully saturated rings. The molecule has 2 N–H and O–H groups in total. The van der Waals surface area contributed by atoms with Gasteiger partial charge in [-0.1, -0.05) is 19.1 Å². The van der Waals surface area contributed by atoms with Gasteiger partial charge >= 0.3 is 0 Å². The van der Waals surface area contributed by atoms with Crippen LogP contribution in [0.1, 0.15) is 29.2 Å². The molecule has 1 atom stereocenters. The third-order valence-corrected chi connectivity index (χ3v) is 3.00. The van der Waals surface area contributed by atoms with Crippen molar-refractivity contribution in [3.63, 3.8) is 0 Å². The molecule has 0 aliphatic heterocycles. The lowest BCUT2D eigenvalue weighted by molar-refractivity contribution is 0.721. The van der Waals surface area contributed by atoms with Gasteiger partial charge in [-0.05, 0) is 48.4 Å². The van der Waals surface area contributed by atoms with Crippen LogP contribution < -0.4 is 5.73 Å². The summed E-state index contributed by atoms with van der Waals surface area (Å²) < 4.78 is 0. The predicted molar refractivity (Wildman–Crippen MR) is 55.9 cm³/mol. The first kappa shape index (κ1) is 8.76. The van der Waals surface area contributed by atoms with Crippen molar-refractivity contribution >= 4 is 0 Å². The van der Waals surface area contributed by atoms with Crippen LogP contribution in [0.5, 0.6) is 0 Å². The van der Waals surface area contributed by atoms with E-state index in [-0.39, 0.29) is 0 Å². The zero-order valence-electron chi connectivity index (χ0n) is 8.43. The van der Waals surface area contributed by atoms with Gasteiger partial charge in [-0.15, -0.1) is 0 Å². The Kier molecular flexibility index (Phi) is 2.12. The van der Waals surface area contributed by atoms with E-state index in [0.29, 0.717) is 6.04 Å². The lowest BCUT2D eigenvalue weighted by atomic mass is 9.99. The van der Waals surface area contributed by atoms with Crippen LogP contribution in [0.15, 0.2) is 12.1 Å². The average Bonchev–Trinajstić information content (AvgIpc) is 2.42. The van der Waals surface area contributed by atoms with Gasteiger partial charge < -0.3 is 5.73 Å². The monoisotopic (exact) mass is 175 g/mol. The van der Waals surface area contributed by atoms with E-state index >= 15 is 0 Å². The SMILES string of the molecule is CCc1cc2c(cc1C)CC(N)C2. The maximum atomic E-state index is 5.93. The molecule has 1 aliphatic carbocycles. The van der Waals surface area contributed by atoms with Crippen LogP contribution in [0.25, 0.3) is 0 Å². The summed E-state index contributed by atoms with van der Waals surface area (Å²) in [5, 5.41) is 0. The third-order valence-electron chi connectivity index (χ3n) is 3.00.